The van der Waals surface area contributed by atoms with E-state index in [1.54, 1.807) is 0 Å². The van der Waals surface area contributed by atoms with Gasteiger partial charge in [0.05, 0.1) is 0 Å². The van der Waals surface area contributed by atoms with Crippen LogP contribution in [0.15, 0.2) is 0 Å². The molecule has 0 N–H and O–H groups in total. The molecule has 0 aliphatic carbocycles. The molecule has 0 unspecified atom stereocenters. The average molecular weight is 301 g/mol. The maximum atomic E-state index is 3.88. The fourth-order valence-corrected chi connectivity index (χ4v) is 2.55. The Balaban J connectivity index is 0. The Hall–Kier alpha value is 0.714. The van der Waals surface area contributed by atoms with Gasteiger partial charge in [-0.3, -0.25) is 0 Å². The van der Waals surface area contributed by atoms with Gasteiger partial charge >= 0.3 is 0 Å². The van der Waals surface area contributed by atoms with E-state index in [1.165, 1.54) is 96.3 Å². The summed E-state index contributed by atoms with van der Waals surface area (Å²) >= 11 is 0. The van der Waals surface area contributed by atoms with Crippen LogP contribution in [0.4, 0.5) is 0 Å². The van der Waals surface area contributed by atoms with E-state index in [0.717, 1.165) is 6.42 Å². The summed E-state index contributed by atoms with van der Waals surface area (Å²) < 4.78 is 0. The van der Waals surface area contributed by atoms with Crippen LogP contribution in [0.25, 0.3) is 0 Å². The topological polar surface area (TPSA) is 0 Å². The largest absolute Gasteiger partial charge is 0.343 e. The van der Waals surface area contributed by atoms with Crippen molar-refractivity contribution >= 4 is 0 Å². The van der Waals surface area contributed by atoms with Crippen LogP contribution in [0.1, 0.15) is 110 Å². The third kappa shape index (κ3) is 21.2. The summed E-state index contributed by atoms with van der Waals surface area (Å²) in [6.45, 7) is 6.18. The molecule has 1 heteroatoms. The van der Waals surface area contributed by atoms with E-state index < -0.39 is 0 Å². The van der Waals surface area contributed by atoms with Crippen LogP contribution >= 0.6 is 0 Å². The average Bonchev–Trinajstić information content (AvgIpc) is 2.39. The Bertz CT molecular complexity index is 118. The second-order valence-corrected chi connectivity index (χ2v) is 5.80. The molecule has 0 saturated heterocycles. The van der Waals surface area contributed by atoms with Crippen molar-refractivity contribution in [2.24, 2.45) is 0 Å². The molecule has 0 aromatic rings. The van der Waals surface area contributed by atoms with E-state index in [-0.39, 0.29) is 21.7 Å². The van der Waals surface area contributed by atoms with Gasteiger partial charge in [0.1, 0.15) is 0 Å². The number of hydrogen-bond donors (Lipinski definition) is 0. The summed E-state index contributed by atoms with van der Waals surface area (Å²) in [5, 5.41) is 0. The maximum Gasteiger partial charge on any atom is 0 e. The Morgan fingerprint density at radius 1 is 0.474 bits per heavy atom. The number of rotatable bonds is 15. The minimum Gasteiger partial charge on any atom is -0.343 e. The second-order valence-electron chi connectivity index (χ2n) is 5.80. The monoisotopic (exact) mass is 301 g/mol. The molecular formula is C18H37Ti-. The standard InChI is InChI=1S/C18H37.Ti/c1-3-5-7-9-11-13-15-17-18-16-14-12-10-8-6-4-2;/h1,3-18H2,2H3;/q-1;. The predicted octanol–water partition coefficient (Wildman–Crippen LogP) is 7.08. The molecule has 0 nitrogen and oxygen atoms in total. The third-order valence-corrected chi connectivity index (χ3v) is 3.85. The zero-order valence-corrected chi connectivity index (χ0v) is 15.1. The first-order valence-corrected chi connectivity index (χ1v) is 8.71. The molecular weight excluding hydrogens is 264 g/mol. The number of hydrogen-bond acceptors (Lipinski definition) is 0. The van der Waals surface area contributed by atoms with Crippen molar-refractivity contribution in [2.75, 3.05) is 0 Å². The van der Waals surface area contributed by atoms with Crippen molar-refractivity contribution in [1.29, 1.82) is 0 Å². The van der Waals surface area contributed by atoms with E-state index in [4.69, 9.17) is 0 Å². The van der Waals surface area contributed by atoms with Gasteiger partial charge in [-0.25, -0.2) is 0 Å². The molecule has 0 amide bonds. The van der Waals surface area contributed by atoms with Gasteiger partial charge in [-0.05, 0) is 0 Å². The van der Waals surface area contributed by atoms with Crippen molar-refractivity contribution in [3.05, 3.63) is 6.92 Å². The molecule has 0 saturated carbocycles. The fourth-order valence-electron chi connectivity index (χ4n) is 2.55. The second kappa shape index (κ2) is 21.0. The van der Waals surface area contributed by atoms with E-state index in [0.29, 0.717) is 0 Å². The Morgan fingerprint density at radius 2 is 0.737 bits per heavy atom. The van der Waals surface area contributed by atoms with Crippen molar-refractivity contribution in [1.82, 2.24) is 0 Å². The first-order valence-electron chi connectivity index (χ1n) is 8.71. The molecule has 0 heterocycles. The molecule has 0 fully saturated rings. The van der Waals surface area contributed by atoms with Crippen molar-refractivity contribution < 1.29 is 21.7 Å². The van der Waals surface area contributed by atoms with Crippen LogP contribution in [-0.4, -0.2) is 0 Å². The van der Waals surface area contributed by atoms with E-state index in [9.17, 15) is 0 Å². The third-order valence-electron chi connectivity index (χ3n) is 3.85. The molecule has 19 heavy (non-hydrogen) atoms. The van der Waals surface area contributed by atoms with E-state index >= 15 is 0 Å². The van der Waals surface area contributed by atoms with Crippen molar-refractivity contribution in [3.8, 4) is 0 Å². The van der Waals surface area contributed by atoms with Gasteiger partial charge in [-0.15, -0.1) is 0 Å². The molecule has 114 valence electrons. The van der Waals surface area contributed by atoms with Gasteiger partial charge in [-0.2, -0.15) is 6.42 Å². The van der Waals surface area contributed by atoms with Gasteiger partial charge in [0, 0.05) is 21.7 Å². The summed E-state index contributed by atoms with van der Waals surface area (Å²) in [6.07, 6.45) is 22.8. The molecule has 0 aromatic heterocycles. The van der Waals surface area contributed by atoms with Gasteiger partial charge in [0.15, 0.2) is 0 Å². The van der Waals surface area contributed by atoms with Crippen molar-refractivity contribution in [2.45, 2.75) is 110 Å². The van der Waals surface area contributed by atoms with Crippen LogP contribution in [0.5, 0.6) is 0 Å². The number of unbranched alkanes of at least 4 members (excludes halogenated alkanes) is 15. The molecule has 0 aromatic carbocycles. The van der Waals surface area contributed by atoms with Gasteiger partial charge in [0.2, 0.25) is 0 Å². The van der Waals surface area contributed by atoms with E-state index in [1.807, 2.05) is 0 Å². The minimum atomic E-state index is 0. The molecule has 0 radical (unpaired) electrons. The summed E-state index contributed by atoms with van der Waals surface area (Å²) in [7, 11) is 0. The first-order chi connectivity index (χ1) is 8.91. The SMILES string of the molecule is [CH2-]CCCCCCCCCCCCCCCCC.[Ti]. The zero-order chi connectivity index (χ0) is 13.3. The molecule has 0 spiro atoms. The van der Waals surface area contributed by atoms with Gasteiger partial charge in [-0.1, -0.05) is 103 Å². The van der Waals surface area contributed by atoms with Crippen LogP contribution in [-0.2, 0) is 21.7 Å². The molecule has 0 aliphatic heterocycles. The Morgan fingerprint density at radius 3 is 1.00 bits per heavy atom. The van der Waals surface area contributed by atoms with Crippen LogP contribution in [0.2, 0.25) is 0 Å². The molecule has 0 atom stereocenters. The summed E-state index contributed by atoms with van der Waals surface area (Å²) in [6, 6.07) is 0. The first kappa shape index (κ1) is 22.0. The van der Waals surface area contributed by atoms with Crippen LogP contribution < -0.4 is 0 Å². The summed E-state index contributed by atoms with van der Waals surface area (Å²) in [4.78, 5) is 0. The normalized spacial score (nSPS) is 10.4. The van der Waals surface area contributed by atoms with E-state index in [2.05, 4.69) is 13.8 Å². The van der Waals surface area contributed by atoms with Crippen LogP contribution in [0.3, 0.4) is 0 Å². The smallest absolute Gasteiger partial charge is 0 e. The molecule has 0 rings (SSSR count). The maximum absolute atomic E-state index is 3.88. The fraction of sp³-hybridized carbons (Fsp3) is 0.944. The summed E-state index contributed by atoms with van der Waals surface area (Å²) in [5.41, 5.74) is 0. The molecule has 0 aliphatic rings. The van der Waals surface area contributed by atoms with Crippen molar-refractivity contribution in [3.63, 3.8) is 0 Å². The van der Waals surface area contributed by atoms with Gasteiger partial charge < -0.3 is 6.92 Å². The predicted molar refractivity (Wildman–Crippen MR) is 84.9 cm³/mol. The summed E-state index contributed by atoms with van der Waals surface area (Å²) in [5.74, 6) is 0. The Kier molecular flexibility index (Phi) is 24.3. The zero-order valence-electron chi connectivity index (χ0n) is 13.5. The molecule has 0 bridgehead atoms. The van der Waals surface area contributed by atoms with Crippen LogP contribution in [0, 0.1) is 6.92 Å². The Labute approximate surface area is 138 Å². The van der Waals surface area contributed by atoms with Gasteiger partial charge in [0.25, 0.3) is 0 Å². The quantitative estimate of drug-likeness (QED) is 0.172. The minimum absolute atomic E-state index is 0.